The van der Waals surface area contributed by atoms with Gasteiger partial charge in [0.25, 0.3) is 5.91 Å². The van der Waals surface area contributed by atoms with Gasteiger partial charge in [0, 0.05) is 37.2 Å². The van der Waals surface area contributed by atoms with Gasteiger partial charge in [0.15, 0.2) is 5.82 Å². The highest BCUT2D eigenvalue weighted by molar-refractivity contribution is 5.94. The molecule has 25 heavy (non-hydrogen) atoms. The lowest BCUT2D eigenvalue weighted by atomic mass is 10.1. The molecule has 1 aromatic carbocycles. The smallest absolute Gasteiger partial charge is 0.254 e. The van der Waals surface area contributed by atoms with Crippen molar-refractivity contribution in [1.29, 1.82) is 0 Å². The lowest BCUT2D eigenvalue weighted by Gasteiger charge is -2.28. The molecule has 1 aliphatic heterocycles. The van der Waals surface area contributed by atoms with E-state index in [2.05, 4.69) is 21.7 Å². The molecule has 0 atom stereocenters. The second-order valence-electron chi connectivity index (χ2n) is 5.93. The Labute approximate surface area is 147 Å². The maximum atomic E-state index is 12.9. The van der Waals surface area contributed by atoms with Gasteiger partial charge >= 0.3 is 0 Å². The van der Waals surface area contributed by atoms with Crippen LogP contribution in [-0.4, -0.2) is 45.8 Å². The number of fused-ring (bicyclic) bond motifs is 1. The summed E-state index contributed by atoms with van der Waals surface area (Å²) < 4.78 is 12.9. The molecule has 1 aliphatic rings. The van der Waals surface area contributed by atoms with Crippen molar-refractivity contribution in [1.82, 2.24) is 19.7 Å². The molecule has 1 amide bonds. The predicted octanol–water partition coefficient (Wildman–Crippen LogP) is 2.04. The summed E-state index contributed by atoms with van der Waals surface area (Å²) in [5, 5.41) is 8.41. The van der Waals surface area contributed by atoms with Gasteiger partial charge in [-0.25, -0.2) is 0 Å². The Kier molecular flexibility index (Phi) is 5.33. The molecule has 0 radical (unpaired) electrons. The maximum Gasteiger partial charge on any atom is 0.254 e. The summed E-state index contributed by atoms with van der Waals surface area (Å²) >= 11 is 0. The topological polar surface area (TPSA) is 69.5 Å². The van der Waals surface area contributed by atoms with Gasteiger partial charge in [-0.3, -0.25) is 4.79 Å². The molecule has 3 rings (SSSR count). The number of amides is 1. The van der Waals surface area contributed by atoms with Crippen LogP contribution in [0.25, 0.3) is 0 Å². The Bertz CT molecular complexity index is 757. The van der Waals surface area contributed by atoms with E-state index in [0.29, 0.717) is 31.9 Å². The number of aromatic nitrogens is 3. The summed E-state index contributed by atoms with van der Waals surface area (Å²) in [4.78, 5) is 14.7. The summed E-state index contributed by atoms with van der Waals surface area (Å²) in [6.07, 6.45) is 0.847. The number of hydrogen-bond acceptors (Lipinski definition) is 5. The number of carbonyl (C=O) groups is 1. The van der Waals surface area contributed by atoms with Crippen molar-refractivity contribution in [3.8, 4) is 5.75 Å². The van der Waals surface area contributed by atoms with Crippen molar-refractivity contribution >= 4 is 5.91 Å². The minimum atomic E-state index is -0.00676. The van der Waals surface area contributed by atoms with E-state index in [1.165, 1.54) is 0 Å². The Morgan fingerprint density at radius 1 is 1.24 bits per heavy atom. The van der Waals surface area contributed by atoms with Gasteiger partial charge in [0.1, 0.15) is 11.6 Å². The molecule has 1 aromatic heterocycles. The highest BCUT2D eigenvalue weighted by Gasteiger charge is 2.25. The van der Waals surface area contributed by atoms with Crippen molar-refractivity contribution in [3.63, 3.8) is 0 Å². The van der Waals surface area contributed by atoms with Crippen LogP contribution < -0.4 is 4.74 Å². The average Bonchev–Trinajstić information content (AvgIpc) is 3.07. The van der Waals surface area contributed by atoms with Crippen LogP contribution in [0, 0.1) is 0 Å². The third-order valence-corrected chi connectivity index (χ3v) is 4.42. The van der Waals surface area contributed by atoms with Gasteiger partial charge in [-0.2, -0.15) is 0 Å². The largest absolute Gasteiger partial charge is 0.496 e. The van der Waals surface area contributed by atoms with Crippen molar-refractivity contribution in [2.24, 2.45) is 0 Å². The fourth-order valence-corrected chi connectivity index (χ4v) is 3.07. The molecular weight excluding hydrogens is 320 g/mol. The Balaban J connectivity index is 1.79. The van der Waals surface area contributed by atoms with E-state index in [0.717, 1.165) is 35.9 Å². The summed E-state index contributed by atoms with van der Waals surface area (Å²) in [5.74, 6) is 2.55. The van der Waals surface area contributed by atoms with E-state index in [9.17, 15) is 4.79 Å². The highest BCUT2D eigenvalue weighted by Crippen LogP contribution is 2.23. The summed E-state index contributed by atoms with van der Waals surface area (Å²) in [6.45, 7) is 6.92. The van der Waals surface area contributed by atoms with Crippen LogP contribution in [0.5, 0.6) is 5.75 Å². The quantitative estimate of drug-likeness (QED) is 0.802. The third kappa shape index (κ3) is 3.51. The maximum absolute atomic E-state index is 12.9. The van der Waals surface area contributed by atoms with Gasteiger partial charge < -0.3 is 18.9 Å². The monoisotopic (exact) mass is 344 g/mol. The number of carbonyl (C=O) groups excluding carboxylic acids is 1. The Morgan fingerprint density at radius 3 is 2.80 bits per heavy atom. The molecule has 0 saturated carbocycles. The van der Waals surface area contributed by atoms with Crippen LogP contribution in [0.15, 0.2) is 18.2 Å². The molecule has 2 aromatic rings. The molecule has 0 aliphatic carbocycles. The first-order valence-corrected chi connectivity index (χ1v) is 8.62. The van der Waals surface area contributed by atoms with Crippen LogP contribution >= 0.6 is 0 Å². The Morgan fingerprint density at radius 2 is 2.08 bits per heavy atom. The predicted molar refractivity (Wildman–Crippen MR) is 92.5 cm³/mol. The molecule has 134 valence electrons. The minimum absolute atomic E-state index is 0.00676. The zero-order valence-electron chi connectivity index (χ0n) is 15.0. The Hall–Kier alpha value is -2.41. The fraction of sp³-hybridized carbons (Fsp3) is 0.500. The van der Waals surface area contributed by atoms with Crippen LogP contribution in [0.4, 0.5) is 0 Å². The SMILES string of the molecule is CCOCc1cc(C(=O)N2CCn3c(CC)nnc3C2)ccc1OC. The zero-order chi connectivity index (χ0) is 17.8. The third-order valence-electron chi connectivity index (χ3n) is 4.42. The first kappa shape index (κ1) is 17.4. The molecule has 0 spiro atoms. The number of benzene rings is 1. The molecule has 0 bridgehead atoms. The molecule has 0 unspecified atom stereocenters. The molecular formula is C18H24N4O3. The van der Waals surface area contributed by atoms with Crippen LogP contribution in [-0.2, 0) is 30.9 Å². The number of aryl methyl sites for hydroxylation is 1. The van der Waals surface area contributed by atoms with E-state index in [-0.39, 0.29) is 5.91 Å². The standard InChI is InChI=1S/C18H24N4O3/c1-4-16-19-20-17-11-21(8-9-22(16)17)18(23)13-6-7-15(24-3)14(10-13)12-25-5-2/h6-7,10H,4-5,8-9,11-12H2,1-3H3. The molecule has 0 N–H and O–H groups in total. The first-order chi connectivity index (χ1) is 12.2. The van der Waals surface area contributed by atoms with Gasteiger partial charge in [-0.1, -0.05) is 6.92 Å². The molecule has 0 saturated heterocycles. The number of rotatable bonds is 6. The van der Waals surface area contributed by atoms with E-state index in [1.54, 1.807) is 13.2 Å². The van der Waals surface area contributed by atoms with E-state index >= 15 is 0 Å². The molecule has 7 heteroatoms. The van der Waals surface area contributed by atoms with Crippen molar-refractivity contribution in [2.45, 2.75) is 40.0 Å². The normalized spacial score (nSPS) is 13.6. The van der Waals surface area contributed by atoms with Crippen molar-refractivity contribution < 1.29 is 14.3 Å². The summed E-state index contributed by atoms with van der Waals surface area (Å²) in [6, 6.07) is 5.48. The lowest BCUT2D eigenvalue weighted by Crippen LogP contribution is -2.38. The average molecular weight is 344 g/mol. The highest BCUT2D eigenvalue weighted by atomic mass is 16.5. The van der Waals surface area contributed by atoms with Gasteiger partial charge in [0.05, 0.1) is 20.3 Å². The lowest BCUT2D eigenvalue weighted by molar-refractivity contribution is 0.0706. The summed E-state index contributed by atoms with van der Waals surface area (Å²) in [5.41, 5.74) is 1.52. The van der Waals surface area contributed by atoms with Gasteiger partial charge in [0.2, 0.25) is 0 Å². The molecule has 2 heterocycles. The van der Waals surface area contributed by atoms with Crippen molar-refractivity contribution in [3.05, 3.63) is 41.0 Å². The van der Waals surface area contributed by atoms with Crippen molar-refractivity contribution in [2.75, 3.05) is 20.3 Å². The zero-order valence-corrected chi connectivity index (χ0v) is 15.0. The molecule has 0 fully saturated rings. The number of methoxy groups -OCH3 is 1. The molecule has 7 nitrogen and oxygen atoms in total. The van der Waals surface area contributed by atoms with Crippen LogP contribution in [0.3, 0.4) is 0 Å². The fourth-order valence-electron chi connectivity index (χ4n) is 3.07. The number of hydrogen-bond donors (Lipinski definition) is 0. The summed E-state index contributed by atoms with van der Waals surface area (Å²) in [7, 11) is 1.62. The van der Waals surface area contributed by atoms with Gasteiger partial charge in [-0.15, -0.1) is 10.2 Å². The second-order valence-corrected chi connectivity index (χ2v) is 5.93. The number of ether oxygens (including phenoxy) is 2. The van der Waals surface area contributed by atoms with Crippen LogP contribution in [0.2, 0.25) is 0 Å². The van der Waals surface area contributed by atoms with E-state index < -0.39 is 0 Å². The van der Waals surface area contributed by atoms with E-state index in [1.807, 2.05) is 24.0 Å². The number of nitrogens with zero attached hydrogens (tertiary/aromatic N) is 4. The van der Waals surface area contributed by atoms with E-state index in [4.69, 9.17) is 9.47 Å². The van der Waals surface area contributed by atoms with Gasteiger partial charge in [-0.05, 0) is 25.1 Å². The first-order valence-electron chi connectivity index (χ1n) is 8.62. The second kappa shape index (κ2) is 7.65. The minimum Gasteiger partial charge on any atom is -0.496 e. The van der Waals surface area contributed by atoms with Crippen LogP contribution in [0.1, 0.15) is 41.4 Å².